The zero-order valence-corrected chi connectivity index (χ0v) is 30.8. The van der Waals surface area contributed by atoms with E-state index in [4.69, 9.17) is 35.3 Å². The maximum Gasteiger partial charge on any atom is 0.410 e. The molecule has 13 heteroatoms. The minimum absolute atomic E-state index is 0.136. The van der Waals surface area contributed by atoms with E-state index in [9.17, 15) is 14.4 Å². The van der Waals surface area contributed by atoms with Gasteiger partial charge in [-0.05, 0) is 87.4 Å². The molecule has 2 aromatic carbocycles. The quantitative estimate of drug-likeness (QED) is 0.213. The number of alkyl carbamates (subject to hydrolysis) is 1. The van der Waals surface area contributed by atoms with Gasteiger partial charge in [-0.15, -0.1) is 0 Å². The molecule has 2 heterocycles. The number of nitrogens with one attached hydrogen (secondary N) is 2. The monoisotopic (exact) mass is 717 g/mol. The maximum atomic E-state index is 13.9. The number of ether oxygens (including phenoxy) is 6. The van der Waals surface area contributed by atoms with Gasteiger partial charge in [-0.1, -0.05) is 30.7 Å². The maximum absolute atomic E-state index is 13.9. The second-order valence-electron chi connectivity index (χ2n) is 14.4. The normalized spacial score (nSPS) is 18.2. The average Bonchev–Trinajstić information content (AvgIpc) is 3.07. The van der Waals surface area contributed by atoms with Crippen molar-refractivity contribution in [2.45, 2.75) is 64.7 Å². The molecule has 0 aromatic heterocycles. The summed E-state index contributed by atoms with van der Waals surface area (Å²) in [4.78, 5) is 40.3. The predicted octanol–water partition coefficient (Wildman–Crippen LogP) is 6.00. The number of amides is 3. The number of methoxy groups -OCH3 is 1. The van der Waals surface area contributed by atoms with E-state index in [2.05, 4.69) is 22.3 Å². The molecule has 50 heavy (non-hydrogen) atoms. The number of rotatable bonds is 15. The Hall–Kier alpha value is -3.58. The van der Waals surface area contributed by atoms with Crippen LogP contribution in [0.3, 0.4) is 0 Å². The molecule has 2 aromatic rings. The van der Waals surface area contributed by atoms with Crippen molar-refractivity contribution in [3.05, 3.63) is 64.2 Å². The van der Waals surface area contributed by atoms with Gasteiger partial charge in [0.05, 0.1) is 39.6 Å². The molecule has 276 valence electrons. The Morgan fingerprint density at radius 3 is 2.50 bits per heavy atom. The summed E-state index contributed by atoms with van der Waals surface area (Å²) in [7, 11) is 3.00. The van der Waals surface area contributed by atoms with Crippen LogP contribution in [0.2, 0.25) is 5.02 Å². The van der Waals surface area contributed by atoms with Gasteiger partial charge in [0, 0.05) is 49.4 Å². The van der Waals surface area contributed by atoms with Crippen molar-refractivity contribution < 1.29 is 42.8 Å². The molecule has 0 spiro atoms. The third-order valence-electron chi connectivity index (χ3n) is 8.56. The molecule has 2 aliphatic heterocycles. The molecule has 0 bridgehead atoms. The molecule has 2 fully saturated rings. The lowest BCUT2D eigenvalue weighted by Crippen LogP contribution is -2.48. The third-order valence-corrected chi connectivity index (χ3v) is 8.80. The molecule has 3 atom stereocenters. The number of benzene rings is 2. The third kappa shape index (κ3) is 12.0. The Kier molecular flexibility index (Phi) is 14.2. The number of carbonyl (C=O) groups is 3. The minimum Gasteiger partial charge on any atom is -0.493 e. The highest BCUT2D eigenvalue weighted by Crippen LogP contribution is 2.33. The fourth-order valence-electron chi connectivity index (χ4n) is 5.79. The van der Waals surface area contributed by atoms with Crippen LogP contribution in [0.4, 0.5) is 9.59 Å². The second-order valence-corrected chi connectivity index (χ2v) is 14.8. The van der Waals surface area contributed by atoms with Crippen LogP contribution < -0.4 is 15.4 Å². The van der Waals surface area contributed by atoms with Crippen molar-refractivity contribution in [3.8, 4) is 5.75 Å². The highest BCUT2D eigenvalue weighted by Gasteiger charge is 2.35. The van der Waals surface area contributed by atoms with Crippen molar-refractivity contribution in [1.29, 1.82) is 0 Å². The van der Waals surface area contributed by atoms with Crippen molar-refractivity contribution in [1.82, 2.24) is 15.5 Å². The molecule has 1 unspecified atom stereocenters. The molecule has 2 aliphatic rings. The van der Waals surface area contributed by atoms with Gasteiger partial charge in [-0.25, -0.2) is 9.59 Å². The zero-order valence-electron chi connectivity index (χ0n) is 30.1. The van der Waals surface area contributed by atoms with Gasteiger partial charge in [-0.3, -0.25) is 4.79 Å². The van der Waals surface area contributed by atoms with Gasteiger partial charge in [0.25, 0.3) is 5.91 Å². The highest BCUT2D eigenvalue weighted by molar-refractivity contribution is 6.30. The number of hydrogen-bond donors (Lipinski definition) is 2. The van der Waals surface area contributed by atoms with Crippen LogP contribution in [0.15, 0.2) is 42.5 Å². The van der Waals surface area contributed by atoms with E-state index in [0.717, 1.165) is 25.0 Å². The van der Waals surface area contributed by atoms with E-state index < -0.39 is 23.9 Å². The van der Waals surface area contributed by atoms with Crippen LogP contribution in [0, 0.1) is 11.3 Å². The lowest BCUT2D eigenvalue weighted by Gasteiger charge is -2.37. The summed E-state index contributed by atoms with van der Waals surface area (Å²) >= 11 is 6.38. The first-order valence-corrected chi connectivity index (χ1v) is 17.5. The van der Waals surface area contributed by atoms with Crippen molar-refractivity contribution in [2.75, 3.05) is 66.9 Å². The van der Waals surface area contributed by atoms with Crippen LogP contribution in [0.5, 0.6) is 5.75 Å². The summed E-state index contributed by atoms with van der Waals surface area (Å²) < 4.78 is 34.0. The van der Waals surface area contributed by atoms with E-state index in [-0.39, 0.29) is 43.0 Å². The van der Waals surface area contributed by atoms with E-state index in [1.165, 1.54) is 7.11 Å². The van der Waals surface area contributed by atoms with Crippen LogP contribution in [0.25, 0.3) is 0 Å². The summed E-state index contributed by atoms with van der Waals surface area (Å²) in [6.45, 7) is 11.0. The van der Waals surface area contributed by atoms with Crippen LogP contribution in [-0.2, 0) is 23.7 Å². The molecular weight excluding hydrogens is 666 g/mol. The summed E-state index contributed by atoms with van der Waals surface area (Å²) in [5.74, 6) is 0.403. The SMILES string of the molecule is COC(=O)NCCOC(c1cccc(Cl)c1)c1cc(OCC2(C)COC2)cc(C(=O)NC[C@H](C[C@H]2CCCOC2)N(C)C(=O)OC(C)(C)C)c1. The Labute approximate surface area is 300 Å². The summed E-state index contributed by atoms with van der Waals surface area (Å²) in [5, 5.41) is 6.21. The van der Waals surface area contributed by atoms with Gasteiger partial charge >= 0.3 is 12.2 Å². The van der Waals surface area contributed by atoms with Gasteiger partial charge < -0.3 is 44.0 Å². The topological polar surface area (TPSA) is 134 Å². The molecule has 2 N–H and O–H groups in total. The summed E-state index contributed by atoms with van der Waals surface area (Å²) in [5.41, 5.74) is 0.972. The van der Waals surface area contributed by atoms with E-state index in [1.54, 1.807) is 36.2 Å². The number of nitrogens with zero attached hydrogens (tertiary/aromatic N) is 1. The van der Waals surface area contributed by atoms with Gasteiger partial charge in [-0.2, -0.15) is 0 Å². The minimum atomic E-state index is -0.663. The lowest BCUT2D eigenvalue weighted by atomic mass is 9.90. The Bertz CT molecular complexity index is 1440. The van der Waals surface area contributed by atoms with E-state index in [0.29, 0.717) is 54.7 Å². The molecule has 12 nitrogen and oxygen atoms in total. The smallest absolute Gasteiger partial charge is 0.410 e. The van der Waals surface area contributed by atoms with Crippen molar-refractivity contribution in [3.63, 3.8) is 0 Å². The summed E-state index contributed by atoms with van der Waals surface area (Å²) in [6, 6.07) is 12.3. The van der Waals surface area contributed by atoms with Gasteiger partial charge in [0.2, 0.25) is 0 Å². The number of hydrogen-bond acceptors (Lipinski definition) is 9. The fraction of sp³-hybridized carbons (Fsp3) is 0.595. The number of likely N-dealkylation sites (N-methyl/N-ethyl adjacent to an activating group) is 1. The van der Waals surface area contributed by atoms with Crippen molar-refractivity contribution in [2.24, 2.45) is 11.3 Å². The highest BCUT2D eigenvalue weighted by atomic mass is 35.5. The molecule has 0 saturated carbocycles. The number of halogens is 1. The first kappa shape index (κ1) is 39.2. The van der Waals surface area contributed by atoms with E-state index >= 15 is 0 Å². The van der Waals surface area contributed by atoms with Gasteiger partial charge in [0.1, 0.15) is 17.5 Å². The Morgan fingerprint density at radius 2 is 1.86 bits per heavy atom. The van der Waals surface area contributed by atoms with Crippen molar-refractivity contribution >= 4 is 29.7 Å². The lowest BCUT2D eigenvalue weighted by molar-refractivity contribution is -0.120. The second kappa shape index (κ2) is 18.1. The molecule has 0 aliphatic carbocycles. The van der Waals surface area contributed by atoms with Crippen LogP contribution in [-0.4, -0.2) is 102 Å². The largest absolute Gasteiger partial charge is 0.493 e. The number of carbonyl (C=O) groups excluding carboxylic acids is 3. The summed E-state index contributed by atoms with van der Waals surface area (Å²) in [6.07, 6.45) is 0.915. The Balaban J connectivity index is 1.60. The van der Waals surface area contributed by atoms with Crippen LogP contribution in [0.1, 0.15) is 74.5 Å². The Morgan fingerprint density at radius 1 is 1.08 bits per heavy atom. The molecule has 4 rings (SSSR count). The molecule has 3 amide bonds. The molecule has 0 radical (unpaired) electrons. The predicted molar refractivity (Wildman–Crippen MR) is 189 cm³/mol. The average molecular weight is 718 g/mol. The van der Waals surface area contributed by atoms with Crippen LogP contribution >= 0.6 is 11.6 Å². The standard InChI is InChI=1S/C37H52ClN3O9/c1-36(2,3)50-35(44)41(5)30(15-25-9-8-13-46-21-25)20-40-33(42)28-16-27(18-31(19-28)49-24-37(4)22-47-23-37)32(26-10-7-11-29(38)17-26)48-14-12-39-34(43)45-6/h7,10-11,16-19,25,30,32H,8-9,12-15,20-24H2,1-6H3,(H,39,43)(H,40,42)/t25-,30+,32?/m1/s1. The molecule has 2 saturated heterocycles. The molecular formula is C37H52ClN3O9. The fourth-order valence-corrected chi connectivity index (χ4v) is 5.99. The first-order valence-electron chi connectivity index (χ1n) is 17.1. The first-order chi connectivity index (χ1) is 23.7. The van der Waals surface area contributed by atoms with Gasteiger partial charge in [0.15, 0.2) is 0 Å². The zero-order chi connectivity index (χ0) is 36.3. The van der Waals surface area contributed by atoms with E-state index in [1.807, 2.05) is 39.0 Å².